The number of esters is 2. The molecule has 8 nitrogen and oxygen atoms in total. The molecule has 0 aromatic heterocycles. The van der Waals surface area contributed by atoms with Gasteiger partial charge in [-0.3, -0.25) is 10.1 Å². The molecule has 1 aromatic rings. The fraction of sp³-hybridized carbons (Fsp3) is 0.294. The molecule has 1 heterocycles. The van der Waals surface area contributed by atoms with Crippen molar-refractivity contribution in [3.05, 3.63) is 63.0 Å². The van der Waals surface area contributed by atoms with Crippen LogP contribution in [0.1, 0.15) is 25.3 Å². The average Bonchev–Trinajstić information content (AvgIpc) is 2.60. The van der Waals surface area contributed by atoms with Crippen molar-refractivity contribution in [2.45, 2.75) is 19.8 Å². The summed E-state index contributed by atoms with van der Waals surface area (Å²) in [6, 6.07) is 5.91. The molecule has 0 amide bonds. The lowest BCUT2D eigenvalue weighted by atomic mass is 9.86. The number of carbonyl (C=O) groups excluding carboxylic acids is 2. The smallest absolute Gasteiger partial charge is 0.354 e. The Morgan fingerprint density at radius 2 is 2.04 bits per heavy atom. The molecule has 0 bridgehead atoms. The maximum absolute atomic E-state index is 12.4. The number of methoxy groups -OCH3 is 1. The first-order valence-corrected chi connectivity index (χ1v) is 7.58. The van der Waals surface area contributed by atoms with Gasteiger partial charge in [-0.25, -0.2) is 9.59 Å². The summed E-state index contributed by atoms with van der Waals surface area (Å²) in [4.78, 5) is 34.7. The second-order valence-electron chi connectivity index (χ2n) is 5.29. The van der Waals surface area contributed by atoms with Gasteiger partial charge in [-0.15, -0.1) is 0 Å². The maximum Gasteiger partial charge on any atom is 0.354 e. The van der Waals surface area contributed by atoms with Crippen molar-refractivity contribution in [2.75, 3.05) is 13.7 Å². The minimum atomic E-state index is -0.672. The van der Waals surface area contributed by atoms with Crippen LogP contribution < -0.4 is 5.32 Å². The molecule has 2 rings (SSSR count). The molecule has 0 saturated heterocycles. The molecule has 1 unspecified atom stereocenters. The van der Waals surface area contributed by atoms with Gasteiger partial charge in [0, 0.05) is 23.7 Å². The van der Waals surface area contributed by atoms with E-state index in [0.717, 1.165) is 0 Å². The summed E-state index contributed by atoms with van der Waals surface area (Å²) in [6.07, 6.45) is 1.50. The van der Waals surface area contributed by atoms with Crippen LogP contribution in [0.4, 0.5) is 5.69 Å². The Labute approximate surface area is 144 Å². The Morgan fingerprint density at radius 3 is 2.64 bits per heavy atom. The number of hydrogen-bond acceptors (Lipinski definition) is 7. The summed E-state index contributed by atoms with van der Waals surface area (Å²) in [5.74, 6) is -1.82. The van der Waals surface area contributed by atoms with Crippen molar-refractivity contribution in [1.29, 1.82) is 0 Å². The van der Waals surface area contributed by atoms with Gasteiger partial charge in [-0.05, 0) is 25.5 Å². The van der Waals surface area contributed by atoms with E-state index in [1.807, 2.05) is 0 Å². The van der Waals surface area contributed by atoms with Crippen LogP contribution in [0.3, 0.4) is 0 Å². The van der Waals surface area contributed by atoms with Gasteiger partial charge < -0.3 is 14.8 Å². The normalized spacial score (nSPS) is 16.6. The zero-order chi connectivity index (χ0) is 18.6. The molecule has 0 radical (unpaired) electrons. The quantitative estimate of drug-likeness (QED) is 0.494. The summed E-state index contributed by atoms with van der Waals surface area (Å²) in [5.41, 5.74) is 1.27. The highest BCUT2D eigenvalue weighted by molar-refractivity contribution is 5.95. The van der Waals surface area contributed by atoms with Crippen molar-refractivity contribution >= 4 is 17.6 Å². The first-order chi connectivity index (χ1) is 11.9. The number of allylic oxidation sites excluding steroid dienone is 2. The number of ether oxygens (including phenoxy) is 2. The van der Waals surface area contributed by atoms with E-state index >= 15 is 0 Å². The van der Waals surface area contributed by atoms with Crippen molar-refractivity contribution in [1.82, 2.24) is 5.32 Å². The standard InChI is InChI=1S/C17H18N2O6/c1-4-25-17(21)15-10(2)18-14(16(20)24-3)9-13(15)11-6-5-7-12(8-11)19(22)23/h5-9,13,18H,4H2,1-3H3. The van der Waals surface area contributed by atoms with E-state index in [1.54, 1.807) is 19.9 Å². The van der Waals surface area contributed by atoms with E-state index in [2.05, 4.69) is 5.32 Å². The number of non-ortho nitro benzene ring substituents is 1. The number of nitro groups is 1. The van der Waals surface area contributed by atoms with E-state index in [0.29, 0.717) is 11.3 Å². The topological polar surface area (TPSA) is 108 Å². The highest BCUT2D eigenvalue weighted by Gasteiger charge is 2.31. The molecular formula is C17H18N2O6. The maximum atomic E-state index is 12.4. The summed E-state index contributed by atoms with van der Waals surface area (Å²) in [6.45, 7) is 3.50. The van der Waals surface area contributed by atoms with E-state index in [4.69, 9.17) is 9.47 Å². The van der Waals surface area contributed by atoms with Crippen LogP contribution in [0.5, 0.6) is 0 Å². The molecule has 0 saturated carbocycles. The largest absolute Gasteiger partial charge is 0.464 e. The van der Waals surface area contributed by atoms with Crippen LogP contribution in [0.2, 0.25) is 0 Å². The van der Waals surface area contributed by atoms with Gasteiger partial charge in [0.1, 0.15) is 5.70 Å². The molecule has 1 aliphatic rings. The van der Waals surface area contributed by atoms with E-state index in [1.165, 1.54) is 31.4 Å². The Hall–Kier alpha value is -3.16. The Bertz CT molecular complexity index is 781. The molecule has 1 aliphatic heterocycles. The van der Waals surface area contributed by atoms with Gasteiger partial charge in [-0.1, -0.05) is 12.1 Å². The number of rotatable bonds is 5. The predicted molar refractivity (Wildman–Crippen MR) is 88.4 cm³/mol. The van der Waals surface area contributed by atoms with Gasteiger partial charge in [0.25, 0.3) is 5.69 Å². The first kappa shape index (κ1) is 18.2. The lowest BCUT2D eigenvalue weighted by molar-refractivity contribution is -0.384. The monoisotopic (exact) mass is 346 g/mol. The molecule has 132 valence electrons. The van der Waals surface area contributed by atoms with Crippen molar-refractivity contribution in [3.8, 4) is 0 Å². The van der Waals surface area contributed by atoms with Gasteiger partial charge in [0.05, 0.1) is 24.2 Å². The summed E-state index contributed by atoms with van der Waals surface area (Å²) < 4.78 is 9.80. The van der Waals surface area contributed by atoms with Crippen molar-refractivity contribution < 1.29 is 24.0 Å². The molecule has 25 heavy (non-hydrogen) atoms. The molecule has 1 aromatic carbocycles. The summed E-state index contributed by atoms with van der Waals surface area (Å²) >= 11 is 0. The minimum Gasteiger partial charge on any atom is -0.464 e. The average molecular weight is 346 g/mol. The minimum absolute atomic E-state index is 0.107. The first-order valence-electron chi connectivity index (χ1n) is 7.58. The number of nitro benzene ring substituents is 1. The molecule has 8 heteroatoms. The number of nitrogens with zero attached hydrogens (tertiary/aromatic N) is 1. The van der Waals surface area contributed by atoms with E-state index < -0.39 is 22.8 Å². The SMILES string of the molecule is CCOC(=O)C1=C(C)NC(C(=O)OC)=CC1c1cccc([N+](=O)[O-])c1. The predicted octanol–water partition coefficient (Wildman–Crippen LogP) is 2.18. The molecule has 1 atom stereocenters. The fourth-order valence-corrected chi connectivity index (χ4v) is 2.61. The highest BCUT2D eigenvalue weighted by atomic mass is 16.6. The number of nitrogens with one attached hydrogen (secondary N) is 1. The second-order valence-corrected chi connectivity index (χ2v) is 5.29. The number of hydrogen-bond donors (Lipinski definition) is 1. The summed E-state index contributed by atoms with van der Waals surface area (Å²) in [5, 5.41) is 13.9. The highest BCUT2D eigenvalue weighted by Crippen LogP contribution is 2.34. The lowest BCUT2D eigenvalue weighted by Crippen LogP contribution is -2.30. The van der Waals surface area contributed by atoms with Crippen molar-refractivity contribution in [3.63, 3.8) is 0 Å². The van der Waals surface area contributed by atoms with Crippen LogP contribution in [0.15, 0.2) is 47.3 Å². The second kappa shape index (κ2) is 7.61. The Morgan fingerprint density at radius 1 is 1.32 bits per heavy atom. The van der Waals surface area contributed by atoms with Crippen LogP contribution in [0, 0.1) is 10.1 Å². The third kappa shape index (κ3) is 3.85. The third-order valence-corrected chi connectivity index (χ3v) is 3.71. The van der Waals surface area contributed by atoms with Crippen LogP contribution in [-0.4, -0.2) is 30.6 Å². The molecule has 0 spiro atoms. The summed E-state index contributed by atoms with van der Waals surface area (Å²) in [7, 11) is 1.24. The Kier molecular flexibility index (Phi) is 5.53. The molecule has 0 fully saturated rings. The fourth-order valence-electron chi connectivity index (χ4n) is 2.61. The van der Waals surface area contributed by atoms with Crippen LogP contribution in [-0.2, 0) is 19.1 Å². The number of benzene rings is 1. The van der Waals surface area contributed by atoms with Gasteiger partial charge in [-0.2, -0.15) is 0 Å². The molecular weight excluding hydrogens is 328 g/mol. The third-order valence-electron chi connectivity index (χ3n) is 3.71. The number of dihydropyridines is 1. The molecule has 0 aliphatic carbocycles. The van der Waals surface area contributed by atoms with Crippen LogP contribution in [0.25, 0.3) is 0 Å². The van der Waals surface area contributed by atoms with Gasteiger partial charge in [0.2, 0.25) is 0 Å². The van der Waals surface area contributed by atoms with E-state index in [-0.39, 0.29) is 23.6 Å². The number of carbonyl (C=O) groups is 2. The van der Waals surface area contributed by atoms with Gasteiger partial charge in [0.15, 0.2) is 0 Å². The zero-order valence-corrected chi connectivity index (χ0v) is 14.1. The molecule has 1 N–H and O–H groups in total. The lowest BCUT2D eigenvalue weighted by Gasteiger charge is -2.25. The van der Waals surface area contributed by atoms with E-state index in [9.17, 15) is 19.7 Å². The van der Waals surface area contributed by atoms with Gasteiger partial charge >= 0.3 is 11.9 Å². The van der Waals surface area contributed by atoms with Crippen LogP contribution >= 0.6 is 0 Å². The Balaban J connectivity index is 2.56. The zero-order valence-electron chi connectivity index (χ0n) is 14.1. The van der Waals surface area contributed by atoms with Crippen molar-refractivity contribution in [2.24, 2.45) is 0 Å².